The van der Waals surface area contributed by atoms with Gasteiger partial charge in [0.05, 0.1) is 17.7 Å². The van der Waals surface area contributed by atoms with Crippen LogP contribution in [0.25, 0.3) is 5.57 Å². The van der Waals surface area contributed by atoms with Crippen molar-refractivity contribution in [1.29, 1.82) is 0 Å². The van der Waals surface area contributed by atoms with Crippen molar-refractivity contribution in [3.63, 3.8) is 0 Å². The third-order valence-electron chi connectivity index (χ3n) is 7.80. The number of fused-ring (bicyclic) bond motifs is 1. The number of benzene rings is 1. The fraction of sp³-hybridized carbons (Fsp3) is 0.545. The number of carbonyl (C=O) groups is 1. The van der Waals surface area contributed by atoms with Gasteiger partial charge >= 0.3 is 6.09 Å². The molecule has 1 aromatic carbocycles. The molecule has 0 spiro atoms. The molecule has 39 heavy (non-hydrogen) atoms. The van der Waals surface area contributed by atoms with Crippen molar-refractivity contribution < 1.29 is 9.53 Å². The molecule has 1 saturated heterocycles. The van der Waals surface area contributed by atoms with Gasteiger partial charge in [-0.05, 0) is 102 Å². The highest BCUT2D eigenvalue weighted by atomic mass is 16.6. The van der Waals surface area contributed by atoms with E-state index >= 15 is 0 Å². The van der Waals surface area contributed by atoms with Crippen molar-refractivity contribution in [2.75, 3.05) is 13.1 Å². The smallest absolute Gasteiger partial charge is 0.410 e. The van der Waals surface area contributed by atoms with E-state index in [2.05, 4.69) is 53.9 Å². The summed E-state index contributed by atoms with van der Waals surface area (Å²) < 4.78 is 7.86. The van der Waals surface area contributed by atoms with E-state index in [1.807, 2.05) is 52.1 Å². The molecular formula is C33H46N4O2. The molecule has 6 heteroatoms. The lowest BCUT2D eigenvalue weighted by atomic mass is 9.75. The summed E-state index contributed by atoms with van der Waals surface area (Å²) in [6.45, 7) is 16.6. The van der Waals surface area contributed by atoms with Gasteiger partial charge in [-0.1, -0.05) is 36.8 Å². The molecule has 0 radical (unpaired) electrons. The molecule has 6 nitrogen and oxygen atoms in total. The maximum Gasteiger partial charge on any atom is 0.410 e. The predicted octanol–water partition coefficient (Wildman–Crippen LogP) is 7.86. The Kier molecular flexibility index (Phi) is 9.14. The first-order chi connectivity index (χ1) is 18.6. The predicted molar refractivity (Wildman–Crippen MR) is 160 cm³/mol. The van der Waals surface area contributed by atoms with Crippen LogP contribution in [0, 0.1) is 19.8 Å². The number of aliphatic imine (C=N–C) groups is 1. The lowest BCUT2D eigenvalue weighted by Crippen LogP contribution is -2.42. The van der Waals surface area contributed by atoms with Gasteiger partial charge in [0.25, 0.3) is 0 Å². The van der Waals surface area contributed by atoms with Gasteiger partial charge in [0.15, 0.2) is 0 Å². The largest absolute Gasteiger partial charge is 0.444 e. The molecule has 1 atom stereocenters. The average Bonchev–Trinajstić information content (AvgIpc) is 3.25. The molecule has 0 N–H and O–H groups in total. The number of likely N-dealkylation sites (tertiary alicyclic amines) is 1. The number of nitrogens with zero attached hydrogens (tertiary/aromatic N) is 4. The Morgan fingerprint density at radius 3 is 2.56 bits per heavy atom. The summed E-state index contributed by atoms with van der Waals surface area (Å²) in [5.74, 6) is 0.615. The summed E-state index contributed by atoms with van der Waals surface area (Å²) >= 11 is 0. The van der Waals surface area contributed by atoms with Crippen LogP contribution in [0.4, 0.5) is 4.79 Å². The van der Waals surface area contributed by atoms with Gasteiger partial charge in [-0.25, -0.2) is 9.78 Å². The first-order valence-corrected chi connectivity index (χ1v) is 14.6. The minimum atomic E-state index is -0.480. The zero-order chi connectivity index (χ0) is 28.2. The Morgan fingerprint density at radius 2 is 1.95 bits per heavy atom. The van der Waals surface area contributed by atoms with E-state index in [4.69, 9.17) is 9.73 Å². The van der Waals surface area contributed by atoms with Crippen LogP contribution in [0.3, 0.4) is 0 Å². The molecule has 1 amide bonds. The second-order valence-corrected chi connectivity index (χ2v) is 12.1. The first-order valence-electron chi connectivity index (χ1n) is 14.6. The molecule has 0 saturated carbocycles. The van der Waals surface area contributed by atoms with Crippen molar-refractivity contribution in [1.82, 2.24) is 14.5 Å². The lowest BCUT2D eigenvalue weighted by Gasteiger charge is -2.37. The fourth-order valence-corrected chi connectivity index (χ4v) is 5.99. The van der Waals surface area contributed by atoms with Crippen LogP contribution in [0.5, 0.6) is 0 Å². The molecule has 2 aromatic rings. The topological polar surface area (TPSA) is 59.7 Å². The van der Waals surface area contributed by atoms with Gasteiger partial charge < -0.3 is 14.2 Å². The van der Waals surface area contributed by atoms with Gasteiger partial charge in [0.1, 0.15) is 5.60 Å². The van der Waals surface area contributed by atoms with E-state index in [-0.39, 0.29) is 12.0 Å². The van der Waals surface area contributed by atoms with Gasteiger partial charge in [-0.3, -0.25) is 4.99 Å². The highest BCUT2D eigenvalue weighted by Crippen LogP contribution is 2.46. The van der Waals surface area contributed by atoms with Crippen LogP contribution in [-0.2, 0) is 11.3 Å². The standard InChI is InChI=1S/C33H46N4O2/c1-8-25-20-27(11-10-16-36-21-24(4)35-22-36)29-19-23(3)12-13-28(29)30(31(25)34-9-2)26-14-17-37(18-15-26)32(38)39-33(5,6)7/h9,12-13,19-22,26,30H,8,10-11,14-18H2,1-7H3. The number of amides is 1. The van der Waals surface area contributed by atoms with Crippen LogP contribution >= 0.6 is 0 Å². The molecule has 1 fully saturated rings. The van der Waals surface area contributed by atoms with Crippen LogP contribution in [0.2, 0.25) is 0 Å². The second kappa shape index (κ2) is 12.4. The Hall–Kier alpha value is -3.15. The molecule has 1 aliphatic heterocycles. The molecule has 4 rings (SSSR count). The van der Waals surface area contributed by atoms with Crippen molar-refractivity contribution in [3.05, 3.63) is 70.5 Å². The monoisotopic (exact) mass is 530 g/mol. The summed E-state index contributed by atoms with van der Waals surface area (Å²) in [6, 6.07) is 6.96. The number of aryl methyl sites for hydroxylation is 3. The third kappa shape index (κ3) is 7.09. The Balaban J connectivity index is 1.64. The quantitative estimate of drug-likeness (QED) is 0.342. The Bertz CT molecular complexity index is 1250. The van der Waals surface area contributed by atoms with E-state index in [1.165, 1.54) is 33.5 Å². The zero-order valence-corrected chi connectivity index (χ0v) is 25.0. The van der Waals surface area contributed by atoms with Crippen LogP contribution < -0.4 is 0 Å². The molecule has 2 heterocycles. The number of piperidine rings is 1. The van der Waals surface area contributed by atoms with Crippen molar-refractivity contribution in [2.45, 2.75) is 98.6 Å². The van der Waals surface area contributed by atoms with Crippen LogP contribution in [0.15, 0.2) is 53.1 Å². The van der Waals surface area contributed by atoms with Gasteiger partial charge in [0.2, 0.25) is 0 Å². The van der Waals surface area contributed by atoms with E-state index in [1.54, 1.807) is 0 Å². The molecule has 1 aliphatic carbocycles. The lowest BCUT2D eigenvalue weighted by molar-refractivity contribution is 0.0178. The van der Waals surface area contributed by atoms with Crippen molar-refractivity contribution in [2.24, 2.45) is 10.9 Å². The molecule has 210 valence electrons. The summed E-state index contributed by atoms with van der Waals surface area (Å²) in [5.41, 5.74) is 8.53. The molecule has 1 unspecified atom stereocenters. The minimum Gasteiger partial charge on any atom is -0.444 e. The molecule has 2 aliphatic rings. The highest BCUT2D eigenvalue weighted by Gasteiger charge is 2.36. The number of rotatable bonds is 7. The zero-order valence-electron chi connectivity index (χ0n) is 25.0. The van der Waals surface area contributed by atoms with Crippen molar-refractivity contribution in [3.8, 4) is 0 Å². The first kappa shape index (κ1) is 28.8. The number of imidazole rings is 1. The Labute approximate surface area is 234 Å². The molecular weight excluding hydrogens is 484 g/mol. The van der Waals surface area contributed by atoms with E-state index < -0.39 is 5.60 Å². The molecule has 0 bridgehead atoms. The normalized spacial score (nSPS) is 18.8. The van der Waals surface area contributed by atoms with E-state index in [0.29, 0.717) is 19.0 Å². The summed E-state index contributed by atoms with van der Waals surface area (Å²) in [7, 11) is 0. The van der Waals surface area contributed by atoms with Crippen molar-refractivity contribution >= 4 is 17.9 Å². The number of aromatic nitrogens is 2. The summed E-state index contributed by atoms with van der Waals surface area (Å²) in [5, 5.41) is 0. The number of ether oxygens (including phenoxy) is 1. The number of hydrogen-bond donors (Lipinski definition) is 0. The second-order valence-electron chi connectivity index (χ2n) is 12.1. The number of hydrogen-bond acceptors (Lipinski definition) is 4. The van der Waals surface area contributed by atoms with Gasteiger partial charge in [-0.2, -0.15) is 0 Å². The van der Waals surface area contributed by atoms with E-state index in [0.717, 1.165) is 44.3 Å². The molecule has 1 aromatic heterocycles. The highest BCUT2D eigenvalue weighted by molar-refractivity contribution is 5.75. The maximum absolute atomic E-state index is 12.8. The third-order valence-corrected chi connectivity index (χ3v) is 7.80. The SMILES string of the molecule is CC=NC1=C(CC)C=C(CCCn2cnc(C)c2)c2cc(C)ccc2C1C1CCN(C(=O)OC(C)(C)C)CC1. The summed E-state index contributed by atoms with van der Waals surface area (Å²) in [6.07, 6.45) is 13.1. The van der Waals surface area contributed by atoms with Crippen LogP contribution in [0.1, 0.15) is 95.0 Å². The van der Waals surface area contributed by atoms with Gasteiger partial charge in [0, 0.05) is 38.0 Å². The number of carbonyl (C=O) groups excluding carboxylic acids is 1. The number of allylic oxidation sites excluding steroid dienone is 4. The Morgan fingerprint density at radius 1 is 1.21 bits per heavy atom. The average molecular weight is 531 g/mol. The minimum absolute atomic E-state index is 0.202. The van der Waals surface area contributed by atoms with Crippen LogP contribution in [-0.4, -0.2) is 45.4 Å². The van der Waals surface area contributed by atoms with Gasteiger partial charge in [-0.15, -0.1) is 0 Å². The fourth-order valence-electron chi connectivity index (χ4n) is 5.99. The summed E-state index contributed by atoms with van der Waals surface area (Å²) in [4.78, 5) is 24.1. The maximum atomic E-state index is 12.8. The van der Waals surface area contributed by atoms with E-state index in [9.17, 15) is 4.79 Å².